The quantitative estimate of drug-likeness (QED) is 0.0197. The van der Waals surface area contributed by atoms with Crippen molar-refractivity contribution in [2.75, 3.05) is 19.8 Å². The van der Waals surface area contributed by atoms with Crippen molar-refractivity contribution in [3.05, 3.63) is 36.5 Å². The Morgan fingerprint density at radius 2 is 1.05 bits per heavy atom. The number of aliphatic hydroxyl groups is 5. The Morgan fingerprint density at radius 3 is 1.61 bits per heavy atom. The highest BCUT2D eigenvalue weighted by molar-refractivity contribution is 5.76. The second-order valence-corrected chi connectivity index (χ2v) is 17.2. The zero-order valence-electron chi connectivity index (χ0n) is 38.6. The van der Waals surface area contributed by atoms with Crippen molar-refractivity contribution in [3.63, 3.8) is 0 Å². The van der Waals surface area contributed by atoms with E-state index in [9.17, 15) is 35.1 Å². The first-order chi connectivity index (χ1) is 29.7. The summed E-state index contributed by atoms with van der Waals surface area (Å²) >= 11 is 0. The molecule has 1 saturated heterocycles. The van der Waals surface area contributed by atoms with E-state index in [1.54, 1.807) is 6.08 Å². The summed E-state index contributed by atoms with van der Waals surface area (Å²) in [4.78, 5) is 24.9. The normalized spacial score (nSPS) is 20.5. The van der Waals surface area contributed by atoms with E-state index >= 15 is 0 Å². The van der Waals surface area contributed by atoms with Gasteiger partial charge >= 0.3 is 5.97 Å². The maximum atomic E-state index is 12.9. The number of hydrogen-bond donors (Lipinski definition) is 6. The van der Waals surface area contributed by atoms with E-state index in [0.29, 0.717) is 19.4 Å². The van der Waals surface area contributed by atoms with Crippen LogP contribution >= 0.6 is 0 Å². The number of carbonyl (C=O) groups is 2. The lowest BCUT2D eigenvalue weighted by Gasteiger charge is -2.40. The summed E-state index contributed by atoms with van der Waals surface area (Å²) in [6.45, 7) is 4.18. The highest BCUT2D eigenvalue weighted by Crippen LogP contribution is 2.22. The zero-order chi connectivity index (χ0) is 44.6. The maximum absolute atomic E-state index is 12.9. The first kappa shape index (κ1) is 56.9. The number of allylic oxidation sites excluding steroid dienone is 5. The van der Waals surface area contributed by atoms with Gasteiger partial charge in [-0.2, -0.15) is 0 Å². The van der Waals surface area contributed by atoms with Crippen molar-refractivity contribution in [2.45, 2.75) is 249 Å². The van der Waals surface area contributed by atoms with Gasteiger partial charge in [-0.1, -0.05) is 140 Å². The lowest BCUT2D eigenvalue weighted by Crippen LogP contribution is -2.60. The highest BCUT2D eigenvalue weighted by Gasteiger charge is 2.44. The molecule has 1 fully saturated rings. The number of ether oxygens (including phenoxy) is 3. The molecule has 0 aliphatic carbocycles. The fraction of sp³-hybridized carbons (Fsp3) is 0.840. The van der Waals surface area contributed by atoms with Gasteiger partial charge in [-0.25, -0.2) is 0 Å². The van der Waals surface area contributed by atoms with Crippen molar-refractivity contribution in [3.8, 4) is 0 Å². The Balaban J connectivity index is 2.19. The zero-order valence-corrected chi connectivity index (χ0v) is 38.6. The lowest BCUT2D eigenvalue weighted by atomic mass is 9.99. The van der Waals surface area contributed by atoms with Gasteiger partial charge in [0.1, 0.15) is 24.4 Å². The third kappa shape index (κ3) is 31.4. The van der Waals surface area contributed by atoms with Crippen molar-refractivity contribution < 1.29 is 49.3 Å². The summed E-state index contributed by atoms with van der Waals surface area (Å²) in [5, 5.41) is 54.0. The predicted molar refractivity (Wildman–Crippen MR) is 246 cm³/mol. The van der Waals surface area contributed by atoms with Gasteiger partial charge in [0.2, 0.25) is 5.91 Å². The van der Waals surface area contributed by atoms with E-state index in [1.165, 1.54) is 83.5 Å². The summed E-state index contributed by atoms with van der Waals surface area (Å²) in [6.07, 6.45) is 36.5. The molecule has 0 aromatic rings. The molecule has 61 heavy (non-hydrogen) atoms. The molecule has 0 bridgehead atoms. The number of esters is 1. The largest absolute Gasteiger partial charge is 0.466 e. The summed E-state index contributed by atoms with van der Waals surface area (Å²) in [5.41, 5.74) is 0. The minimum atomic E-state index is -1.58. The molecule has 0 spiro atoms. The SMILES string of the molecule is CCCCC/C=C\CCCCCCCC(=O)OCCCCC/C=C\CCCCCCCC(=O)NC(COC1OC(CO)C(O)C(O)C1O)C(O)/C=C/CCCCCCCCC. The van der Waals surface area contributed by atoms with Crippen LogP contribution in [0.15, 0.2) is 36.5 Å². The topological polar surface area (TPSA) is 175 Å². The number of nitrogens with one attached hydrogen (secondary N) is 1. The van der Waals surface area contributed by atoms with Gasteiger partial charge in [-0.3, -0.25) is 9.59 Å². The molecular weight excluding hydrogens is 775 g/mol. The third-order valence-electron chi connectivity index (χ3n) is 11.5. The van der Waals surface area contributed by atoms with Crippen LogP contribution < -0.4 is 5.32 Å². The number of unbranched alkanes of at least 4 members (excludes halogenated alkanes) is 23. The molecule has 1 rings (SSSR count). The molecule has 0 aromatic heterocycles. The van der Waals surface area contributed by atoms with Gasteiger partial charge in [-0.15, -0.1) is 0 Å². The van der Waals surface area contributed by atoms with E-state index in [-0.39, 0.29) is 18.5 Å². The highest BCUT2D eigenvalue weighted by atomic mass is 16.7. The molecule has 356 valence electrons. The molecule has 7 atom stereocenters. The van der Waals surface area contributed by atoms with Crippen LogP contribution in [-0.4, -0.2) is 100 Å². The molecule has 11 nitrogen and oxygen atoms in total. The van der Waals surface area contributed by atoms with Gasteiger partial charge < -0.3 is 45.1 Å². The van der Waals surface area contributed by atoms with Crippen LogP contribution in [0.25, 0.3) is 0 Å². The van der Waals surface area contributed by atoms with Crippen LogP contribution in [-0.2, 0) is 23.8 Å². The van der Waals surface area contributed by atoms with Gasteiger partial charge in [0.15, 0.2) is 6.29 Å². The number of amides is 1. The number of rotatable bonds is 41. The standard InChI is InChI=1S/C50H91NO10/c1-3-5-7-9-11-13-14-18-22-26-30-34-38-46(55)59-39-35-31-27-23-19-16-15-17-21-25-29-33-37-45(54)51-42(43(53)36-32-28-24-20-12-10-8-6-4-2)41-60-50-49(58)48(57)47(56)44(40-52)61-50/h11,13,16,19,32,36,42-44,47-50,52-53,56-58H,3-10,12,14-15,17-18,20-31,33-35,37-41H2,1-2H3,(H,51,54)/b13-11-,19-16-,36-32+. The Labute approximate surface area is 371 Å². The van der Waals surface area contributed by atoms with E-state index in [2.05, 4.69) is 43.5 Å². The molecular formula is C50H91NO10. The average molecular weight is 866 g/mol. The monoisotopic (exact) mass is 866 g/mol. The fourth-order valence-corrected chi connectivity index (χ4v) is 7.42. The average Bonchev–Trinajstić information content (AvgIpc) is 3.25. The smallest absolute Gasteiger partial charge is 0.305 e. The molecule has 1 aliphatic rings. The van der Waals surface area contributed by atoms with Gasteiger partial charge in [0.05, 0.1) is 32.0 Å². The number of hydrogen-bond acceptors (Lipinski definition) is 10. The Morgan fingerprint density at radius 1 is 0.590 bits per heavy atom. The molecule has 0 radical (unpaired) electrons. The van der Waals surface area contributed by atoms with Crippen molar-refractivity contribution in [1.82, 2.24) is 5.32 Å². The fourth-order valence-electron chi connectivity index (χ4n) is 7.42. The van der Waals surface area contributed by atoms with Crippen LogP contribution in [0.5, 0.6) is 0 Å². The minimum absolute atomic E-state index is 0.0581. The Hall–Kier alpha value is -2.12. The molecule has 1 heterocycles. The lowest BCUT2D eigenvalue weighted by molar-refractivity contribution is -0.302. The van der Waals surface area contributed by atoms with Crippen molar-refractivity contribution >= 4 is 11.9 Å². The number of aliphatic hydroxyl groups excluding tert-OH is 5. The van der Waals surface area contributed by atoms with E-state index in [4.69, 9.17) is 14.2 Å². The van der Waals surface area contributed by atoms with E-state index < -0.39 is 49.5 Å². The Kier molecular flexibility index (Phi) is 37.9. The Bertz CT molecular complexity index is 1110. The van der Waals surface area contributed by atoms with Crippen molar-refractivity contribution in [1.29, 1.82) is 0 Å². The molecule has 0 saturated carbocycles. The first-order valence-corrected chi connectivity index (χ1v) is 24.8. The van der Waals surface area contributed by atoms with E-state index in [0.717, 1.165) is 96.3 Å². The first-order valence-electron chi connectivity index (χ1n) is 24.8. The molecule has 6 N–H and O–H groups in total. The molecule has 11 heteroatoms. The van der Waals surface area contributed by atoms with Gasteiger partial charge in [0.25, 0.3) is 0 Å². The van der Waals surface area contributed by atoms with Gasteiger partial charge in [0, 0.05) is 12.8 Å². The van der Waals surface area contributed by atoms with E-state index in [1.807, 2.05) is 6.08 Å². The maximum Gasteiger partial charge on any atom is 0.305 e. The van der Waals surface area contributed by atoms with Crippen molar-refractivity contribution in [2.24, 2.45) is 0 Å². The van der Waals surface area contributed by atoms with Crippen LogP contribution in [0.2, 0.25) is 0 Å². The summed E-state index contributed by atoms with van der Waals surface area (Å²) < 4.78 is 16.6. The van der Waals surface area contributed by atoms with Gasteiger partial charge in [-0.05, 0) is 89.9 Å². The predicted octanol–water partition coefficient (Wildman–Crippen LogP) is 9.60. The van der Waals surface area contributed by atoms with Crippen LogP contribution in [0, 0.1) is 0 Å². The second kappa shape index (κ2) is 40.6. The van der Waals surface area contributed by atoms with Crippen LogP contribution in [0.3, 0.4) is 0 Å². The molecule has 1 aliphatic heterocycles. The summed E-state index contributed by atoms with van der Waals surface area (Å²) in [5.74, 6) is -0.270. The second-order valence-electron chi connectivity index (χ2n) is 17.2. The minimum Gasteiger partial charge on any atom is -0.466 e. The van der Waals surface area contributed by atoms with Crippen LogP contribution in [0.4, 0.5) is 0 Å². The molecule has 1 amide bonds. The van der Waals surface area contributed by atoms with Crippen LogP contribution in [0.1, 0.15) is 206 Å². The summed E-state index contributed by atoms with van der Waals surface area (Å²) in [7, 11) is 0. The third-order valence-corrected chi connectivity index (χ3v) is 11.5. The summed E-state index contributed by atoms with van der Waals surface area (Å²) in [6, 6.07) is -0.827. The molecule has 0 aromatic carbocycles. The number of carbonyl (C=O) groups excluding carboxylic acids is 2. The molecule has 7 unspecified atom stereocenters.